The van der Waals surface area contributed by atoms with Crippen LogP contribution in [0.2, 0.25) is 0 Å². The fourth-order valence-corrected chi connectivity index (χ4v) is 3.53. The van der Waals surface area contributed by atoms with Crippen LogP contribution in [0.25, 0.3) is 0 Å². The van der Waals surface area contributed by atoms with Crippen LogP contribution in [0.3, 0.4) is 0 Å². The van der Waals surface area contributed by atoms with E-state index in [1.54, 1.807) is 36.4 Å². The number of carbonyl (C=O) groups excluding carboxylic acids is 1. The topological polar surface area (TPSA) is 51.2 Å². The Bertz CT molecular complexity index is 759. The first-order valence-electron chi connectivity index (χ1n) is 6.74. The van der Waals surface area contributed by atoms with Crippen LogP contribution in [0.1, 0.15) is 28.4 Å². The molecule has 4 heteroatoms. The van der Waals surface area contributed by atoms with E-state index in [1.807, 2.05) is 19.9 Å². The van der Waals surface area contributed by atoms with Gasteiger partial charge in [0.25, 0.3) is 0 Å². The van der Waals surface area contributed by atoms with Crippen molar-refractivity contribution in [1.29, 1.82) is 0 Å². The normalized spacial score (nSPS) is 12.9. The summed E-state index contributed by atoms with van der Waals surface area (Å²) in [5.74, 6) is -0.378. The minimum Gasteiger partial charge on any atom is -0.293 e. The summed E-state index contributed by atoms with van der Waals surface area (Å²) in [5, 5.41) is -1.10. The van der Waals surface area contributed by atoms with E-state index in [2.05, 4.69) is 0 Å². The molecule has 1 atom stereocenters. The third-order valence-corrected chi connectivity index (χ3v) is 5.54. The van der Waals surface area contributed by atoms with E-state index in [-0.39, 0.29) is 10.7 Å². The molecule has 0 N–H and O–H groups in total. The molecule has 3 nitrogen and oxygen atoms in total. The van der Waals surface area contributed by atoms with E-state index in [4.69, 9.17) is 0 Å². The van der Waals surface area contributed by atoms with E-state index in [9.17, 15) is 13.2 Å². The summed E-state index contributed by atoms with van der Waals surface area (Å²) in [6, 6.07) is 13.6. The number of hydrogen-bond acceptors (Lipinski definition) is 3. The van der Waals surface area contributed by atoms with Gasteiger partial charge in [0, 0.05) is 5.56 Å². The minimum absolute atomic E-state index is 0.190. The Morgan fingerprint density at radius 2 is 1.57 bits per heavy atom. The standard InChI is InChI=1S/C17H18O3S/c1-12-7-9-15(10-8-12)17(18)14(3)21(19,20)16-6-4-5-13(2)11-16/h4-11,14H,1-3H3. The SMILES string of the molecule is Cc1ccc(C(=O)C(C)S(=O)(=O)c2cccc(C)c2)cc1. The zero-order valence-electron chi connectivity index (χ0n) is 12.3. The van der Waals surface area contributed by atoms with Crippen molar-refractivity contribution >= 4 is 15.6 Å². The zero-order chi connectivity index (χ0) is 15.6. The highest BCUT2D eigenvalue weighted by Crippen LogP contribution is 2.20. The Kier molecular flexibility index (Phi) is 4.28. The first-order valence-corrected chi connectivity index (χ1v) is 8.28. The fourth-order valence-electron chi connectivity index (χ4n) is 2.09. The largest absolute Gasteiger partial charge is 0.293 e. The zero-order valence-corrected chi connectivity index (χ0v) is 13.1. The Hall–Kier alpha value is -1.94. The second-order valence-electron chi connectivity index (χ2n) is 5.23. The fraction of sp³-hybridized carbons (Fsp3) is 0.235. The number of Topliss-reactive ketones (excluding diaryl/α,β-unsaturated/α-hetero) is 1. The molecule has 0 saturated heterocycles. The molecule has 110 valence electrons. The minimum atomic E-state index is -3.67. The van der Waals surface area contributed by atoms with Crippen molar-refractivity contribution in [3.8, 4) is 0 Å². The van der Waals surface area contributed by atoms with Crippen LogP contribution in [0.5, 0.6) is 0 Å². The van der Waals surface area contributed by atoms with Crippen molar-refractivity contribution in [3.05, 3.63) is 65.2 Å². The van der Waals surface area contributed by atoms with Gasteiger partial charge in [0.2, 0.25) is 0 Å². The summed E-state index contributed by atoms with van der Waals surface area (Å²) in [4.78, 5) is 12.6. The van der Waals surface area contributed by atoms with Crippen LogP contribution in [0.4, 0.5) is 0 Å². The third kappa shape index (κ3) is 3.22. The average molecular weight is 302 g/mol. The van der Waals surface area contributed by atoms with E-state index in [0.717, 1.165) is 11.1 Å². The number of hydrogen-bond donors (Lipinski definition) is 0. The lowest BCUT2D eigenvalue weighted by Gasteiger charge is -2.13. The molecule has 21 heavy (non-hydrogen) atoms. The maximum absolute atomic E-state index is 12.5. The average Bonchev–Trinajstić information content (AvgIpc) is 2.46. The number of benzene rings is 2. The molecular weight excluding hydrogens is 284 g/mol. The molecule has 0 aliphatic carbocycles. The first-order chi connectivity index (χ1) is 9.82. The quantitative estimate of drug-likeness (QED) is 0.814. The molecule has 0 spiro atoms. The van der Waals surface area contributed by atoms with Gasteiger partial charge in [-0.25, -0.2) is 8.42 Å². The highest BCUT2D eigenvalue weighted by atomic mass is 32.2. The number of carbonyl (C=O) groups is 1. The molecule has 0 aliphatic heterocycles. The van der Waals surface area contributed by atoms with Crippen LogP contribution in [0.15, 0.2) is 53.4 Å². The second-order valence-corrected chi connectivity index (χ2v) is 7.50. The van der Waals surface area contributed by atoms with Gasteiger partial charge >= 0.3 is 0 Å². The molecule has 0 heterocycles. The predicted molar refractivity (Wildman–Crippen MR) is 83.3 cm³/mol. The van der Waals surface area contributed by atoms with Gasteiger partial charge in [-0.3, -0.25) is 4.79 Å². The Morgan fingerprint density at radius 3 is 2.14 bits per heavy atom. The predicted octanol–water partition coefficient (Wildman–Crippen LogP) is 3.35. The molecule has 0 amide bonds. The van der Waals surface area contributed by atoms with Crippen LogP contribution < -0.4 is 0 Å². The Balaban J connectivity index is 2.36. The van der Waals surface area contributed by atoms with Crippen molar-refractivity contribution in [1.82, 2.24) is 0 Å². The number of aryl methyl sites for hydroxylation is 2. The van der Waals surface area contributed by atoms with Gasteiger partial charge in [-0.15, -0.1) is 0 Å². The lowest BCUT2D eigenvalue weighted by Crippen LogP contribution is -2.27. The van der Waals surface area contributed by atoms with Gasteiger partial charge < -0.3 is 0 Å². The summed E-state index contributed by atoms with van der Waals surface area (Å²) >= 11 is 0. The molecule has 2 aromatic rings. The van der Waals surface area contributed by atoms with Gasteiger partial charge in [-0.05, 0) is 38.5 Å². The summed E-state index contributed by atoms with van der Waals surface area (Å²) in [5.41, 5.74) is 2.30. The van der Waals surface area contributed by atoms with Crippen LogP contribution in [-0.2, 0) is 9.84 Å². The van der Waals surface area contributed by atoms with Gasteiger partial charge in [0.15, 0.2) is 15.6 Å². The summed E-state index contributed by atoms with van der Waals surface area (Å²) in [7, 11) is -3.67. The highest BCUT2D eigenvalue weighted by molar-refractivity contribution is 7.92. The molecule has 0 aromatic heterocycles. The van der Waals surface area contributed by atoms with Gasteiger partial charge in [-0.1, -0.05) is 42.0 Å². The molecule has 0 radical (unpaired) electrons. The molecular formula is C17H18O3S. The number of rotatable bonds is 4. The molecule has 0 saturated carbocycles. The lowest BCUT2D eigenvalue weighted by atomic mass is 10.1. The molecule has 2 aromatic carbocycles. The Labute approximate surface area is 125 Å². The van der Waals surface area contributed by atoms with Gasteiger partial charge in [0.05, 0.1) is 4.90 Å². The van der Waals surface area contributed by atoms with Crippen molar-refractivity contribution in [2.75, 3.05) is 0 Å². The first kappa shape index (κ1) is 15.4. The maximum Gasteiger partial charge on any atom is 0.188 e. The van der Waals surface area contributed by atoms with E-state index < -0.39 is 15.1 Å². The van der Waals surface area contributed by atoms with Gasteiger partial charge in [-0.2, -0.15) is 0 Å². The second kappa shape index (κ2) is 5.82. The molecule has 0 bridgehead atoms. The Morgan fingerprint density at radius 1 is 0.952 bits per heavy atom. The van der Waals surface area contributed by atoms with Crippen LogP contribution >= 0.6 is 0 Å². The van der Waals surface area contributed by atoms with Crippen LogP contribution in [-0.4, -0.2) is 19.5 Å². The monoisotopic (exact) mass is 302 g/mol. The van der Waals surface area contributed by atoms with Gasteiger partial charge in [0.1, 0.15) is 5.25 Å². The van der Waals surface area contributed by atoms with Crippen LogP contribution in [0, 0.1) is 13.8 Å². The van der Waals surface area contributed by atoms with E-state index in [0.29, 0.717) is 5.56 Å². The smallest absolute Gasteiger partial charge is 0.188 e. The molecule has 1 unspecified atom stereocenters. The molecule has 2 rings (SSSR count). The lowest BCUT2D eigenvalue weighted by molar-refractivity contribution is 0.0991. The number of sulfone groups is 1. The summed E-state index contributed by atoms with van der Waals surface area (Å²) in [6.07, 6.45) is 0. The van der Waals surface area contributed by atoms with Crippen molar-refractivity contribution in [2.24, 2.45) is 0 Å². The summed E-state index contributed by atoms with van der Waals surface area (Å²) < 4.78 is 25.1. The van der Waals surface area contributed by atoms with Crippen molar-refractivity contribution < 1.29 is 13.2 Å². The summed E-state index contributed by atoms with van der Waals surface area (Å²) in [6.45, 7) is 5.19. The third-order valence-electron chi connectivity index (χ3n) is 3.49. The maximum atomic E-state index is 12.5. The van der Waals surface area contributed by atoms with E-state index in [1.165, 1.54) is 13.0 Å². The molecule has 0 fully saturated rings. The van der Waals surface area contributed by atoms with E-state index >= 15 is 0 Å². The highest BCUT2D eigenvalue weighted by Gasteiger charge is 2.30. The molecule has 0 aliphatic rings. The van der Waals surface area contributed by atoms with Crippen molar-refractivity contribution in [3.63, 3.8) is 0 Å². The number of ketones is 1. The van der Waals surface area contributed by atoms with Crippen molar-refractivity contribution in [2.45, 2.75) is 30.9 Å².